The molecule has 1 atom stereocenters. The van der Waals surface area contributed by atoms with E-state index >= 15 is 0 Å². The lowest BCUT2D eigenvalue weighted by Gasteiger charge is -2.38. The summed E-state index contributed by atoms with van der Waals surface area (Å²) in [5.74, 6) is 1.10. The van der Waals surface area contributed by atoms with Crippen LogP contribution in [-0.4, -0.2) is 69.5 Å². The van der Waals surface area contributed by atoms with E-state index in [1.807, 2.05) is 11.9 Å². The second kappa shape index (κ2) is 8.65. The second-order valence-electron chi connectivity index (χ2n) is 7.65. The number of nitrogens with zero attached hydrogens (tertiary/aromatic N) is 3. The fourth-order valence-corrected chi connectivity index (χ4v) is 6.04. The quantitative estimate of drug-likeness (QED) is 0.508. The number of amides is 1. The van der Waals surface area contributed by atoms with Crippen LogP contribution < -0.4 is 9.47 Å². The molecule has 2 aromatic carbocycles. The number of rotatable bonds is 6. The summed E-state index contributed by atoms with van der Waals surface area (Å²) < 4.78 is 39.5. The van der Waals surface area contributed by atoms with Gasteiger partial charge in [-0.2, -0.15) is 0 Å². The Kier molecular flexibility index (Phi) is 6.07. The Bertz CT molecular complexity index is 1260. The zero-order valence-corrected chi connectivity index (χ0v) is 19.6. The maximum atomic E-state index is 13.9. The highest BCUT2D eigenvalue weighted by molar-refractivity contribution is 7.90. The number of fused-ring (bicyclic) bond motifs is 1. The number of hydrogen-bond donors (Lipinski definition) is 0. The van der Waals surface area contributed by atoms with Crippen LogP contribution >= 0.6 is 11.6 Å². The van der Waals surface area contributed by atoms with Gasteiger partial charge >= 0.3 is 0 Å². The van der Waals surface area contributed by atoms with Crippen LogP contribution in [0.4, 0.5) is 0 Å². The maximum Gasteiger partial charge on any atom is 0.268 e. The number of aromatic nitrogens is 1. The van der Waals surface area contributed by atoms with Crippen molar-refractivity contribution in [2.24, 2.45) is 0 Å². The van der Waals surface area contributed by atoms with Gasteiger partial charge in [0, 0.05) is 25.0 Å². The molecule has 1 aliphatic heterocycles. The van der Waals surface area contributed by atoms with Crippen LogP contribution in [0.3, 0.4) is 0 Å². The number of hydrogen-bond acceptors (Lipinski definition) is 6. The largest absolute Gasteiger partial charge is 0.497 e. The molecule has 2 heterocycles. The summed E-state index contributed by atoms with van der Waals surface area (Å²) in [6.07, 6.45) is 0.747. The van der Waals surface area contributed by atoms with Crippen LogP contribution in [0, 0.1) is 0 Å². The van der Waals surface area contributed by atoms with Crippen LogP contribution in [0.25, 0.3) is 10.9 Å². The molecule has 10 heteroatoms. The standard InChI is InChI=1S/C22H24ClN3O5S/c1-24-10-11-25(14-27)20(13-24)22-21(23)18-12-16(31-3)6-9-19(18)26(22)32(28,29)17-7-4-15(30-2)5-8-17/h4-9,12,14,20H,10-11,13H2,1-3H3. The van der Waals surface area contributed by atoms with E-state index in [0.717, 1.165) is 6.41 Å². The first-order valence-corrected chi connectivity index (χ1v) is 11.8. The molecule has 3 aromatic rings. The van der Waals surface area contributed by atoms with E-state index < -0.39 is 16.1 Å². The van der Waals surface area contributed by atoms with E-state index in [0.29, 0.717) is 47.7 Å². The highest BCUT2D eigenvalue weighted by atomic mass is 35.5. The molecule has 1 fully saturated rings. The molecule has 8 nitrogen and oxygen atoms in total. The monoisotopic (exact) mass is 477 g/mol. The minimum atomic E-state index is -4.04. The summed E-state index contributed by atoms with van der Waals surface area (Å²) in [7, 11) is 0.933. The lowest BCUT2D eigenvalue weighted by molar-refractivity contribution is -0.122. The molecule has 0 spiro atoms. The summed E-state index contributed by atoms with van der Waals surface area (Å²) in [6, 6.07) is 10.7. The number of ether oxygens (including phenoxy) is 2. The van der Waals surface area contributed by atoms with Crippen molar-refractivity contribution in [1.29, 1.82) is 0 Å². The van der Waals surface area contributed by atoms with Crippen molar-refractivity contribution in [2.75, 3.05) is 40.9 Å². The molecule has 0 bridgehead atoms. The number of carbonyl (C=O) groups excluding carboxylic acids is 1. The van der Waals surface area contributed by atoms with Crippen LogP contribution in [0.15, 0.2) is 47.4 Å². The Labute approximate surface area is 191 Å². The van der Waals surface area contributed by atoms with Gasteiger partial charge in [0.25, 0.3) is 10.0 Å². The van der Waals surface area contributed by atoms with E-state index in [1.165, 1.54) is 30.3 Å². The summed E-state index contributed by atoms with van der Waals surface area (Å²) >= 11 is 6.81. The zero-order chi connectivity index (χ0) is 23.0. The predicted molar refractivity (Wildman–Crippen MR) is 122 cm³/mol. The lowest BCUT2D eigenvalue weighted by atomic mass is 10.1. The fraction of sp³-hybridized carbons (Fsp3) is 0.318. The Balaban J connectivity index is 2.01. The average Bonchev–Trinajstić information content (AvgIpc) is 3.11. The molecule has 1 amide bonds. The van der Waals surface area contributed by atoms with Crippen molar-refractivity contribution < 1.29 is 22.7 Å². The number of benzene rings is 2. The third-order valence-corrected chi connectivity index (χ3v) is 7.92. The molecule has 1 aliphatic rings. The molecule has 1 unspecified atom stereocenters. The highest BCUT2D eigenvalue weighted by Crippen LogP contribution is 2.41. The molecule has 0 aliphatic carbocycles. The summed E-state index contributed by atoms with van der Waals surface area (Å²) in [6.45, 7) is 1.60. The molecular formula is C22H24ClN3O5S. The van der Waals surface area contributed by atoms with Gasteiger partial charge in [0.2, 0.25) is 6.41 Å². The van der Waals surface area contributed by atoms with E-state index in [9.17, 15) is 13.2 Å². The first-order valence-electron chi connectivity index (χ1n) is 9.99. The predicted octanol–water partition coefficient (Wildman–Crippen LogP) is 2.99. The molecular weight excluding hydrogens is 454 g/mol. The minimum Gasteiger partial charge on any atom is -0.497 e. The third kappa shape index (κ3) is 3.70. The van der Waals surface area contributed by atoms with E-state index in [-0.39, 0.29) is 9.92 Å². The van der Waals surface area contributed by atoms with Gasteiger partial charge in [-0.15, -0.1) is 0 Å². The van der Waals surface area contributed by atoms with Gasteiger partial charge in [-0.1, -0.05) is 11.6 Å². The molecule has 0 radical (unpaired) electrons. The van der Waals surface area contributed by atoms with Crippen molar-refractivity contribution >= 4 is 38.9 Å². The van der Waals surface area contributed by atoms with Crippen molar-refractivity contribution in [2.45, 2.75) is 10.9 Å². The lowest BCUT2D eigenvalue weighted by Crippen LogP contribution is -2.47. The van der Waals surface area contributed by atoms with Gasteiger partial charge in [-0.3, -0.25) is 4.79 Å². The van der Waals surface area contributed by atoms with Crippen LogP contribution in [0.2, 0.25) is 5.02 Å². The van der Waals surface area contributed by atoms with Crippen molar-refractivity contribution in [3.05, 3.63) is 53.2 Å². The van der Waals surface area contributed by atoms with Crippen LogP contribution in [0.1, 0.15) is 11.7 Å². The van der Waals surface area contributed by atoms with Crippen molar-refractivity contribution in [3.63, 3.8) is 0 Å². The molecule has 4 rings (SSSR count). The normalized spacial score (nSPS) is 17.5. The number of halogens is 1. The molecule has 170 valence electrons. The number of methoxy groups -OCH3 is 2. The topological polar surface area (TPSA) is 81.1 Å². The third-order valence-electron chi connectivity index (χ3n) is 5.78. The van der Waals surface area contributed by atoms with Crippen LogP contribution in [-0.2, 0) is 14.8 Å². The van der Waals surface area contributed by atoms with Gasteiger partial charge in [0.15, 0.2) is 0 Å². The average molecular weight is 478 g/mol. The number of likely N-dealkylation sites (N-methyl/N-ethyl adjacent to an activating group) is 1. The summed E-state index contributed by atoms with van der Waals surface area (Å²) in [5, 5.41) is 0.820. The van der Waals surface area contributed by atoms with E-state index in [4.69, 9.17) is 21.1 Å². The van der Waals surface area contributed by atoms with Gasteiger partial charge in [0.1, 0.15) is 11.5 Å². The Morgan fingerprint density at radius 1 is 1.03 bits per heavy atom. The van der Waals surface area contributed by atoms with Crippen molar-refractivity contribution in [1.82, 2.24) is 13.8 Å². The zero-order valence-electron chi connectivity index (χ0n) is 18.0. The number of carbonyl (C=O) groups is 1. The van der Waals surface area contributed by atoms with Crippen molar-refractivity contribution in [3.8, 4) is 11.5 Å². The molecule has 1 aromatic heterocycles. The smallest absolute Gasteiger partial charge is 0.268 e. The highest BCUT2D eigenvalue weighted by Gasteiger charge is 2.36. The summed E-state index contributed by atoms with van der Waals surface area (Å²) in [4.78, 5) is 15.6. The fourth-order valence-electron chi connectivity index (χ4n) is 4.05. The SMILES string of the molecule is COc1ccc(S(=O)(=O)n2c(C3CN(C)CCN3C=O)c(Cl)c3cc(OC)ccc32)cc1. The number of piperazine rings is 1. The Morgan fingerprint density at radius 3 is 2.31 bits per heavy atom. The molecule has 0 saturated carbocycles. The van der Waals surface area contributed by atoms with Gasteiger partial charge in [-0.25, -0.2) is 12.4 Å². The van der Waals surface area contributed by atoms with Gasteiger partial charge in [0.05, 0.1) is 41.4 Å². The molecule has 32 heavy (non-hydrogen) atoms. The first-order chi connectivity index (χ1) is 15.3. The maximum absolute atomic E-state index is 13.9. The van der Waals surface area contributed by atoms with Gasteiger partial charge in [-0.05, 0) is 49.5 Å². The summed E-state index contributed by atoms with van der Waals surface area (Å²) in [5.41, 5.74) is 0.769. The Hall–Kier alpha value is -2.75. The van der Waals surface area contributed by atoms with Gasteiger partial charge < -0.3 is 19.3 Å². The molecule has 0 N–H and O–H groups in total. The molecule has 1 saturated heterocycles. The minimum absolute atomic E-state index is 0.0887. The first kappa shape index (κ1) is 22.4. The second-order valence-corrected chi connectivity index (χ2v) is 9.81. The van der Waals surface area contributed by atoms with E-state index in [1.54, 1.807) is 35.2 Å². The Morgan fingerprint density at radius 2 is 1.69 bits per heavy atom. The van der Waals surface area contributed by atoms with E-state index in [2.05, 4.69) is 0 Å². The van der Waals surface area contributed by atoms with Crippen LogP contribution in [0.5, 0.6) is 11.5 Å².